The zero-order chi connectivity index (χ0) is 13.8. The van der Waals surface area contributed by atoms with E-state index in [0.717, 1.165) is 5.56 Å². The summed E-state index contributed by atoms with van der Waals surface area (Å²) in [5, 5.41) is 12.8. The number of nitrogens with one attached hydrogen (secondary N) is 1. The highest BCUT2D eigenvalue weighted by Crippen LogP contribution is 2.32. The van der Waals surface area contributed by atoms with Crippen LogP contribution in [0.2, 0.25) is 0 Å². The van der Waals surface area contributed by atoms with Gasteiger partial charge in [-0.15, -0.1) is 0 Å². The number of amides is 1. The Morgan fingerprint density at radius 2 is 2.06 bits per heavy atom. The van der Waals surface area contributed by atoms with E-state index in [9.17, 15) is 14.6 Å². The molecule has 0 aliphatic carbocycles. The zero-order valence-corrected chi connectivity index (χ0v) is 11.2. The lowest BCUT2D eigenvalue weighted by atomic mass is 10.2. The number of hydrogen-bond acceptors (Lipinski definition) is 4. The number of para-hydroxylation sites is 1. The van der Waals surface area contributed by atoms with E-state index in [4.69, 9.17) is 4.89 Å². The smallest absolute Gasteiger partial charge is 0.264 e. The van der Waals surface area contributed by atoms with Crippen molar-refractivity contribution in [1.29, 1.82) is 0 Å². The van der Waals surface area contributed by atoms with Gasteiger partial charge in [0.15, 0.2) is 0 Å². The number of carbonyl (C=O) groups is 1. The first-order valence-electron chi connectivity index (χ1n) is 5.39. The number of nitrogens with zero attached hydrogens (tertiary/aromatic N) is 1. The van der Waals surface area contributed by atoms with Crippen LogP contribution in [-0.2, 0) is 9.36 Å². The van der Waals surface area contributed by atoms with E-state index in [1.165, 1.54) is 6.66 Å². The van der Waals surface area contributed by atoms with E-state index >= 15 is 0 Å². The van der Waals surface area contributed by atoms with E-state index in [1.807, 2.05) is 0 Å². The van der Waals surface area contributed by atoms with Crippen LogP contribution in [0.3, 0.4) is 0 Å². The summed E-state index contributed by atoms with van der Waals surface area (Å²) < 4.78 is 11.0. The maximum atomic E-state index is 11.6. The Kier molecular flexibility index (Phi) is 5.04. The van der Waals surface area contributed by atoms with Gasteiger partial charge in [-0.1, -0.05) is 18.2 Å². The number of anilines is 1. The molecule has 1 rings (SSSR count). The molecular weight excluding hydrogens is 255 g/mol. The Balaban J connectivity index is 2.57. The molecule has 0 heterocycles. The molecule has 3 N–H and O–H groups in total. The van der Waals surface area contributed by atoms with Gasteiger partial charge in [-0.05, 0) is 18.6 Å². The Morgan fingerprint density at radius 3 is 2.61 bits per heavy atom. The summed E-state index contributed by atoms with van der Waals surface area (Å²) in [6, 6.07) is 6.89. The number of hydrogen-bond donors (Lipinski definition) is 3. The Labute approximate surface area is 106 Å². The summed E-state index contributed by atoms with van der Waals surface area (Å²) in [4.78, 5) is 20.7. The summed E-state index contributed by atoms with van der Waals surface area (Å²) in [6.45, 7) is 2.76. The molecule has 1 aromatic carbocycles. The molecule has 0 spiro atoms. The first-order chi connectivity index (χ1) is 8.31. The van der Waals surface area contributed by atoms with Crippen LogP contribution in [-0.4, -0.2) is 35.5 Å². The molecule has 0 saturated heterocycles. The predicted molar refractivity (Wildman–Crippen MR) is 69.1 cm³/mol. The third-order valence-corrected chi connectivity index (χ3v) is 3.07. The SMILES string of the molecule is Cc1ccccc1N(O)C(=O)CNCP(C)(=O)O. The van der Waals surface area contributed by atoms with E-state index in [2.05, 4.69) is 5.32 Å². The molecule has 18 heavy (non-hydrogen) atoms. The van der Waals surface area contributed by atoms with Gasteiger partial charge in [0.1, 0.15) is 0 Å². The Morgan fingerprint density at radius 1 is 1.44 bits per heavy atom. The van der Waals surface area contributed by atoms with Crippen LogP contribution in [0.5, 0.6) is 0 Å². The average Bonchev–Trinajstić information content (AvgIpc) is 2.27. The minimum atomic E-state index is -3.20. The highest BCUT2D eigenvalue weighted by Gasteiger charge is 2.16. The second-order valence-electron chi connectivity index (χ2n) is 4.13. The van der Waals surface area contributed by atoms with Crippen molar-refractivity contribution in [1.82, 2.24) is 5.32 Å². The Bertz CT molecular complexity index is 472. The van der Waals surface area contributed by atoms with Crippen molar-refractivity contribution in [2.45, 2.75) is 6.92 Å². The maximum Gasteiger partial charge on any atom is 0.264 e. The van der Waals surface area contributed by atoms with E-state index < -0.39 is 13.3 Å². The van der Waals surface area contributed by atoms with Gasteiger partial charge < -0.3 is 4.89 Å². The second kappa shape index (κ2) is 6.11. The van der Waals surface area contributed by atoms with E-state index in [0.29, 0.717) is 10.8 Å². The molecule has 1 amide bonds. The van der Waals surface area contributed by atoms with Crippen LogP contribution >= 0.6 is 7.37 Å². The van der Waals surface area contributed by atoms with Crippen molar-refractivity contribution in [3.05, 3.63) is 29.8 Å². The molecule has 0 aliphatic heterocycles. The van der Waals surface area contributed by atoms with Crippen LogP contribution in [0, 0.1) is 6.92 Å². The molecule has 1 atom stereocenters. The number of carbonyl (C=O) groups excluding carboxylic acids is 1. The molecule has 1 unspecified atom stereocenters. The quantitative estimate of drug-likeness (QED) is 0.425. The second-order valence-corrected chi connectivity index (χ2v) is 6.55. The van der Waals surface area contributed by atoms with Crippen LogP contribution in [0.25, 0.3) is 0 Å². The molecular formula is C11H17N2O4P. The predicted octanol–water partition coefficient (Wildman–Crippen LogP) is 1.16. The first kappa shape index (κ1) is 14.9. The summed E-state index contributed by atoms with van der Waals surface area (Å²) in [6.07, 6.45) is -0.166. The van der Waals surface area contributed by atoms with Gasteiger partial charge in [0.05, 0.1) is 18.5 Å². The van der Waals surface area contributed by atoms with E-state index in [-0.39, 0.29) is 12.8 Å². The summed E-state index contributed by atoms with van der Waals surface area (Å²) in [5.74, 6) is -0.585. The van der Waals surface area contributed by atoms with Crippen LogP contribution in [0.1, 0.15) is 5.56 Å². The van der Waals surface area contributed by atoms with Gasteiger partial charge in [0.2, 0.25) is 7.37 Å². The van der Waals surface area contributed by atoms with Gasteiger partial charge in [-0.2, -0.15) is 5.06 Å². The van der Waals surface area contributed by atoms with Crippen molar-refractivity contribution in [3.63, 3.8) is 0 Å². The minimum Gasteiger partial charge on any atom is -0.344 e. The fourth-order valence-corrected chi connectivity index (χ4v) is 1.91. The fourth-order valence-electron chi connectivity index (χ4n) is 1.38. The van der Waals surface area contributed by atoms with Crippen molar-refractivity contribution in [3.8, 4) is 0 Å². The van der Waals surface area contributed by atoms with Crippen LogP contribution in [0.4, 0.5) is 5.69 Å². The largest absolute Gasteiger partial charge is 0.344 e. The van der Waals surface area contributed by atoms with E-state index in [1.54, 1.807) is 31.2 Å². The van der Waals surface area contributed by atoms with Gasteiger partial charge in [-0.3, -0.25) is 19.9 Å². The van der Waals surface area contributed by atoms with Crippen molar-refractivity contribution >= 4 is 19.0 Å². The van der Waals surface area contributed by atoms with Crippen molar-refractivity contribution in [2.24, 2.45) is 0 Å². The lowest BCUT2D eigenvalue weighted by molar-refractivity contribution is -0.122. The zero-order valence-electron chi connectivity index (χ0n) is 10.3. The minimum absolute atomic E-state index is 0.166. The molecule has 0 fully saturated rings. The third-order valence-electron chi connectivity index (χ3n) is 2.26. The molecule has 0 saturated carbocycles. The summed E-state index contributed by atoms with van der Waals surface area (Å²) in [5.41, 5.74) is 1.16. The molecule has 100 valence electrons. The molecule has 0 aromatic heterocycles. The molecule has 6 nitrogen and oxygen atoms in total. The molecule has 0 bridgehead atoms. The average molecular weight is 272 g/mol. The lowest BCUT2D eigenvalue weighted by Crippen LogP contribution is -2.36. The monoisotopic (exact) mass is 272 g/mol. The van der Waals surface area contributed by atoms with Crippen molar-refractivity contribution < 1.29 is 19.5 Å². The topological polar surface area (TPSA) is 89.9 Å². The first-order valence-corrected chi connectivity index (χ1v) is 7.68. The summed E-state index contributed by atoms with van der Waals surface area (Å²) in [7, 11) is -3.20. The molecule has 0 aliphatic rings. The van der Waals surface area contributed by atoms with Crippen LogP contribution in [0.15, 0.2) is 24.3 Å². The molecule has 7 heteroatoms. The third kappa shape index (κ3) is 4.58. The molecule has 0 radical (unpaired) electrons. The van der Waals surface area contributed by atoms with Crippen molar-refractivity contribution in [2.75, 3.05) is 24.6 Å². The van der Waals surface area contributed by atoms with Gasteiger partial charge >= 0.3 is 0 Å². The number of benzene rings is 1. The number of rotatable bonds is 5. The fraction of sp³-hybridized carbons (Fsp3) is 0.364. The Hall–Kier alpha value is -1.20. The summed E-state index contributed by atoms with van der Waals surface area (Å²) >= 11 is 0. The lowest BCUT2D eigenvalue weighted by Gasteiger charge is -2.17. The normalized spacial score (nSPS) is 14.0. The maximum absolute atomic E-state index is 11.6. The van der Waals surface area contributed by atoms with Gasteiger partial charge in [0.25, 0.3) is 5.91 Å². The van der Waals surface area contributed by atoms with Gasteiger partial charge in [0, 0.05) is 6.66 Å². The van der Waals surface area contributed by atoms with Gasteiger partial charge in [-0.25, -0.2) is 0 Å². The molecule has 1 aromatic rings. The highest BCUT2D eigenvalue weighted by molar-refractivity contribution is 7.57. The van der Waals surface area contributed by atoms with Crippen LogP contribution < -0.4 is 10.4 Å². The highest BCUT2D eigenvalue weighted by atomic mass is 31.2. The standard InChI is InChI=1S/C11H17N2O4P/c1-9-5-3-4-6-10(9)13(15)11(14)7-12-8-18(2,16)17/h3-6,12,15H,7-8H2,1-2H3,(H,16,17). The number of aryl methyl sites for hydroxylation is 1. The number of hydroxylamine groups is 1.